The third-order valence-electron chi connectivity index (χ3n) is 3.50. The number of amides is 3. The molecule has 126 valence electrons. The predicted octanol–water partition coefficient (Wildman–Crippen LogP) is 2.17. The van der Waals surface area contributed by atoms with Crippen LogP contribution in [0.1, 0.15) is 27.5 Å². The second-order valence-corrected chi connectivity index (χ2v) is 5.19. The van der Waals surface area contributed by atoms with E-state index in [1.165, 1.54) is 31.3 Å². The zero-order valence-electron chi connectivity index (χ0n) is 13.3. The Balaban J connectivity index is 2.17. The molecular formula is C18H15N3O4. The molecule has 0 bridgehead atoms. The predicted molar refractivity (Wildman–Crippen MR) is 88.6 cm³/mol. The van der Waals surface area contributed by atoms with Crippen LogP contribution in [0.25, 0.3) is 0 Å². The number of hydrogen-bond donors (Lipinski definition) is 2. The highest BCUT2D eigenvalue weighted by atomic mass is 16.4. The summed E-state index contributed by atoms with van der Waals surface area (Å²) in [4.78, 5) is 36.8. The van der Waals surface area contributed by atoms with Crippen molar-refractivity contribution in [2.75, 3.05) is 7.05 Å². The first-order valence-electron chi connectivity index (χ1n) is 7.30. The lowest BCUT2D eigenvalue weighted by Gasteiger charge is -2.20. The number of carbonyl (C=O) groups is 3. The van der Waals surface area contributed by atoms with Crippen molar-refractivity contribution in [3.05, 3.63) is 71.3 Å². The molecule has 0 spiro atoms. The normalized spacial score (nSPS) is 11.0. The van der Waals surface area contributed by atoms with Crippen LogP contribution >= 0.6 is 0 Å². The number of carboxylic acid groups (broad SMARTS) is 1. The zero-order valence-corrected chi connectivity index (χ0v) is 13.3. The first-order valence-corrected chi connectivity index (χ1v) is 7.30. The fourth-order valence-electron chi connectivity index (χ4n) is 2.16. The quantitative estimate of drug-likeness (QED) is 0.888. The lowest BCUT2D eigenvalue weighted by Crippen LogP contribution is -2.44. The summed E-state index contributed by atoms with van der Waals surface area (Å²) in [6.45, 7) is 0. The van der Waals surface area contributed by atoms with Gasteiger partial charge in [-0.3, -0.25) is 9.69 Å². The molecule has 0 aliphatic carbocycles. The molecule has 2 rings (SSSR count). The van der Waals surface area contributed by atoms with Crippen LogP contribution in [0.3, 0.4) is 0 Å². The molecule has 3 amide bonds. The van der Waals surface area contributed by atoms with Crippen LogP contribution in [0.2, 0.25) is 0 Å². The van der Waals surface area contributed by atoms with E-state index in [-0.39, 0.29) is 11.1 Å². The van der Waals surface area contributed by atoms with Crippen LogP contribution in [0.4, 0.5) is 4.79 Å². The van der Waals surface area contributed by atoms with Crippen molar-refractivity contribution < 1.29 is 19.5 Å². The Morgan fingerprint density at radius 1 is 1.12 bits per heavy atom. The molecule has 2 N–H and O–H groups in total. The highest BCUT2D eigenvalue weighted by Gasteiger charge is 2.26. The summed E-state index contributed by atoms with van der Waals surface area (Å²) in [7, 11) is 1.24. The number of nitriles is 1. The van der Waals surface area contributed by atoms with E-state index >= 15 is 0 Å². The van der Waals surface area contributed by atoms with E-state index in [1.54, 1.807) is 30.3 Å². The maximum Gasteiger partial charge on any atom is 0.330 e. The van der Waals surface area contributed by atoms with E-state index in [2.05, 4.69) is 5.32 Å². The third kappa shape index (κ3) is 4.20. The Hall–Kier alpha value is -3.66. The minimum atomic E-state index is -1.28. The van der Waals surface area contributed by atoms with Gasteiger partial charge < -0.3 is 10.4 Å². The zero-order chi connectivity index (χ0) is 18.4. The van der Waals surface area contributed by atoms with Gasteiger partial charge >= 0.3 is 12.0 Å². The summed E-state index contributed by atoms with van der Waals surface area (Å²) < 4.78 is 0. The maximum absolute atomic E-state index is 12.4. The summed E-state index contributed by atoms with van der Waals surface area (Å²) in [5, 5.41) is 20.5. The van der Waals surface area contributed by atoms with Crippen molar-refractivity contribution in [3.63, 3.8) is 0 Å². The van der Waals surface area contributed by atoms with Gasteiger partial charge in [-0.2, -0.15) is 5.26 Å². The summed E-state index contributed by atoms with van der Waals surface area (Å²) in [5.74, 6) is -1.89. The number of nitrogens with one attached hydrogen (secondary N) is 1. The number of rotatable bonds is 4. The minimum absolute atomic E-state index is 0.156. The Morgan fingerprint density at radius 2 is 1.80 bits per heavy atom. The van der Waals surface area contributed by atoms with Gasteiger partial charge in [-0.15, -0.1) is 0 Å². The van der Waals surface area contributed by atoms with Gasteiger partial charge in [0.05, 0.1) is 11.6 Å². The lowest BCUT2D eigenvalue weighted by atomic mass is 10.1. The smallest absolute Gasteiger partial charge is 0.330 e. The molecule has 2 aromatic rings. The number of benzene rings is 2. The molecule has 1 atom stereocenters. The van der Waals surface area contributed by atoms with E-state index in [9.17, 15) is 19.5 Å². The van der Waals surface area contributed by atoms with Crippen molar-refractivity contribution in [3.8, 4) is 6.07 Å². The third-order valence-corrected chi connectivity index (χ3v) is 3.50. The Kier molecular flexibility index (Phi) is 5.48. The van der Waals surface area contributed by atoms with Gasteiger partial charge in [0, 0.05) is 12.6 Å². The second-order valence-electron chi connectivity index (χ2n) is 5.19. The van der Waals surface area contributed by atoms with E-state index < -0.39 is 23.9 Å². The number of hydrogen-bond acceptors (Lipinski definition) is 4. The van der Waals surface area contributed by atoms with Gasteiger partial charge in [0.25, 0.3) is 5.91 Å². The summed E-state index contributed by atoms with van der Waals surface area (Å²) in [5.41, 5.74) is 0.825. The topological polar surface area (TPSA) is 110 Å². The number of aliphatic carboxylic acids is 1. The van der Waals surface area contributed by atoms with Gasteiger partial charge in [-0.1, -0.05) is 36.4 Å². The van der Waals surface area contributed by atoms with Crippen molar-refractivity contribution in [2.45, 2.75) is 6.04 Å². The number of carbonyl (C=O) groups excluding carboxylic acids is 2. The Labute approximate surface area is 144 Å². The second kappa shape index (κ2) is 7.75. The molecule has 0 saturated carbocycles. The van der Waals surface area contributed by atoms with E-state index in [4.69, 9.17) is 5.26 Å². The summed E-state index contributed by atoms with van der Waals surface area (Å²) in [6, 6.07) is 13.8. The van der Waals surface area contributed by atoms with Crippen LogP contribution in [0.15, 0.2) is 54.6 Å². The molecule has 25 heavy (non-hydrogen) atoms. The molecule has 0 radical (unpaired) electrons. The van der Waals surface area contributed by atoms with Crippen molar-refractivity contribution in [2.24, 2.45) is 0 Å². The Bertz CT molecular complexity index is 843. The lowest BCUT2D eigenvalue weighted by molar-refractivity contribution is -0.139. The van der Waals surface area contributed by atoms with E-state index in [1.807, 2.05) is 6.07 Å². The van der Waals surface area contributed by atoms with Crippen molar-refractivity contribution >= 4 is 17.9 Å². The molecule has 7 heteroatoms. The average molecular weight is 337 g/mol. The van der Waals surface area contributed by atoms with Crippen LogP contribution < -0.4 is 5.32 Å². The Morgan fingerprint density at radius 3 is 2.40 bits per heavy atom. The molecule has 0 aromatic heterocycles. The van der Waals surface area contributed by atoms with Gasteiger partial charge in [-0.25, -0.2) is 9.59 Å². The van der Waals surface area contributed by atoms with Crippen LogP contribution in [0, 0.1) is 11.3 Å². The maximum atomic E-state index is 12.4. The molecule has 0 fully saturated rings. The number of urea groups is 1. The molecule has 7 nitrogen and oxygen atoms in total. The van der Waals surface area contributed by atoms with Gasteiger partial charge in [0.2, 0.25) is 0 Å². The van der Waals surface area contributed by atoms with Crippen molar-refractivity contribution in [1.29, 1.82) is 5.26 Å². The largest absolute Gasteiger partial charge is 0.479 e. The minimum Gasteiger partial charge on any atom is -0.479 e. The number of imide groups is 1. The first kappa shape index (κ1) is 17.7. The van der Waals surface area contributed by atoms with Gasteiger partial charge in [0.15, 0.2) is 6.04 Å². The highest BCUT2D eigenvalue weighted by molar-refractivity contribution is 6.04. The number of nitrogens with zero attached hydrogens (tertiary/aromatic N) is 2. The first-order chi connectivity index (χ1) is 11.9. The summed E-state index contributed by atoms with van der Waals surface area (Å²) >= 11 is 0. The fraction of sp³-hybridized carbons (Fsp3) is 0.111. The van der Waals surface area contributed by atoms with Gasteiger partial charge in [0.1, 0.15) is 0 Å². The standard InChI is InChI=1S/C18H15N3O4/c1-21(16(22)14-9-5-6-12(10-14)11-19)18(25)20-15(17(23)24)13-7-3-2-4-8-13/h2-10,15H,1H3,(H,20,25)(H,23,24). The average Bonchev–Trinajstić information content (AvgIpc) is 2.65. The van der Waals surface area contributed by atoms with Crippen LogP contribution in [-0.2, 0) is 4.79 Å². The highest BCUT2D eigenvalue weighted by Crippen LogP contribution is 2.14. The summed E-state index contributed by atoms with van der Waals surface area (Å²) in [6.07, 6.45) is 0. The molecule has 0 heterocycles. The monoisotopic (exact) mass is 337 g/mol. The molecule has 0 aliphatic heterocycles. The number of carboxylic acids is 1. The fourth-order valence-corrected chi connectivity index (χ4v) is 2.16. The molecular weight excluding hydrogens is 322 g/mol. The molecule has 2 aromatic carbocycles. The van der Waals surface area contributed by atoms with Gasteiger partial charge in [-0.05, 0) is 23.8 Å². The molecule has 1 unspecified atom stereocenters. The van der Waals surface area contributed by atoms with Crippen molar-refractivity contribution in [1.82, 2.24) is 10.2 Å². The molecule has 0 aliphatic rings. The van der Waals surface area contributed by atoms with E-state index in [0.717, 1.165) is 4.90 Å². The van der Waals surface area contributed by atoms with E-state index in [0.29, 0.717) is 5.56 Å². The van der Waals surface area contributed by atoms with Crippen LogP contribution in [0.5, 0.6) is 0 Å². The SMILES string of the molecule is CN(C(=O)NC(C(=O)O)c1ccccc1)C(=O)c1cccc(C#N)c1. The van der Waals surface area contributed by atoms with Crippen LogP contribution in [-0.4, -0.2) is 35.0 Å². The molecule has 0 saturated heterocycles.